The average Bonchev–Trinajstić information content (AvgIpc) is 2.87. The number of carboxylic acids is 1. The highest BCUT2D eigenvalue weighted by Crippen LogP contribution is 2.32. The van der Waals surface area contributed by atoms with E-state index >= 15 is 0 Å². The Morgan fingerprint density at radius 3 is 2.62 bits per heavy atom. The summed E-state index contributed by atoms with van der Waals surface area (Å²) < 4.78 is 0. The van der Waals surface area contributed by atoms with E-state index in [1.54, 1.807) is 6.07 Å². The number of urea groups is 1. The number of amides is 2. The van der Waals surface area contributed by atoms with Gasteiger partial charge in [0.2, 0.25) is 0 Å². The number of para-hydroxylation sites is 1. The van der Waals surface area contributed by atoms with E-state index in [-0.39, 0.29) is 6.03 Å². The standard InChI is InChI=1S/C16H22N2O3/c1-3-11(4-2)10-17-16(21)18-13-8-6-5-7-12(13)9-14(18)15(19)20/h5-8,11,14H,3-4,9-10H2,1-2H3,(H,17,21)(H,19,20)/t14-/m0/s1. The Morgan fingerprint density at radius 1 is 1.33 bits per heavy atom. The van der Waals surface area contributed by atoms with E-state index in [9.17, 15) is 14.7 Å². The van der Waals surface area contributed by atoms with Gasteiger partial charge in [0.1, 0.15) is 6.04 Å². The molecule has 1 aromatic carbocycles. The highest BCUT2D eigenvalue weighted by atomic mass is 16.4. The molecule has 5 heteroatoms. The number of hydrogen-bond acceptors (Lipinski definition) is 2. The third kappa shape index (κ3) is 3.17. The number of hydrogen-bond donors (Lipinski definition) is 2. The quantitative estimate of drug-likeness (QED) is 0.876. The topological polar surface area (TPSA) is 69.6 Å². The van der Waals surface area contributed by atoms with Crippen LogP contribution in [0, 0.1) is 5.92 Å². The summed E-state index contributed by atoms with van der Waals surface area (Å²) >= 11 is 0. The summed E-state index contributed by atoms with van der Waals surface area (Å²) in [7, 11) is 0. The predicted molar refractivity (Wildman–Crippen MR) is 81.5 cm³/mol. The second-order valence-corrected chi connectivity index (χ2v) is 5.43. The molecular formula is C16H22N2O3. The zero-order valence-corrected chi connectivity index (χ0v) is 12.5. The van der Waals surface area contributed by atoms with Crippen molar-refractivity contribution < 1.29 is 14.7 Å². The molecule has 2 amide bonds. The average molecular weight is 290 g/mol. The van der Waals surface area contributed by atoms with Crippen LogP contribution in [0.5, 0.6) is 0 Å². The molecule has 0 saturated heterocycles. The zero-order valence-electron chi connectivity index (χ0n) is 12.5. The van der Waals surface area contributed by atoms with Crippen molar-refractivity contribution >= 4 is 17.7 Å². The second-order valence-electron chi connectivity index (χ2n) is 5.43. The van der Waals surface area contributed by atoms with Crippen molar-refractivity contribution in [3.05, 3.63) is 29.8 Å². The molecule has 0 radical (unpaired) electrons. The maximum atomic E-state index is 12.4. The van der Waals surface area contributed by atoms with E-state index in [1.807, 2.05) is 18.2 Å². The van der Waals surface area contributed by atoms with E-state index < -0.39 is 12.0 Å². The normalized spacial score (nSPS) is 16.9. The number of benzene rings is 1. The third-order valence-electron chi connectivity index (χ3n) is 4.18. The molecule has 0 aromatic heterocycles. The van der Waals surface area contributed by atoms with Gasteiger partial charge in [0.25, 0.3) is 0 Å². The molecular weight excluding hydrogens is 268 g/mol. The minimum absolute atomic E-state index is 0.320. The van der Waals surface area contributed by atoms with E-state index in [4.69, 9.17) is 0 Å². The number of rotatable bonds is 5. The fourth-order valence-electron chi connectivity index (χ4n) is 2.73. The molecule has 1 aliphatic heterocycles. The lowest BCUT2D eigenvalue weighted by Crippen LogP contribution is -2.48. The Balaban J connectivity index is 2.15. The largest absolute Gasteiger partial charge is 0.480 e. The molecule has 0 spiro atoms. The van der Waals surface area contributed by atoms with E-state index in [0.717, 1.165) is 18.4 Å². The van der Waals surface area contributed by atoms with Crippen LogP contribution in [0.1, 0.15) is 32.3 Å². The van der Waals surface area contributed by atoms with Crippen molar-refractivity contribution in [2.45, 2.75) is 39.2 Å². The zero-order chi connectivity index (χ0) is 15.4. The summed E-state index contributed by atoms with van der Waals surface area (Å²) in [6.07, 6.45) is 2.36. The molecule has 5 nitrogen and oxygen atoms in total. The summed E-state index contributed by atoms with van der Waals surface area (Å²) in [6, 6.07) is 6.23. The smallest absolute Gasteiger partial charge is 0.327 e. The Kier molecular flexibility index (Phi) is 4.83. The Hall–Kier alpha value is -2.04. The molecule has 2 rings (SSSR count). The van der Waals surface area contributed by atoms with Crippen LogP contribution in [0.4, 0.5) is 10.5 Å². The molecule has 0 saturated carbocycles. The number of carboxylic acid groups (broad SMARTS) is 1. The monoisotopic (exact) mass is 290 g/mol. The number of carbonyl (C=O) groups is 2. The van der Waals surface area contributed by atoms with Gasteiger partial charge in [-0.1, -0.05) is 44.9 Å². The van der Waals surface area contributed by atoms with Gasteiger partial charge in [0.05, 0.1) is 0 Å². The van der Waals surface area contributed by atoms with Crippen molar-refractivity contribution in [2.24, 2.45) is 5.92 Å². The van der Waals surface area contributed by atoms with Crippen molar-refractivity contribution in [2.75, 3.05) is 11.4 Å². The van der Waals surface area contributed by atoms with Crippen molar-refractivity contribution in [1.82, 2.24) is 5.32 Å². The van der Waals surface area contributed by atoms with Gasteiger partial charge in [-0.05, 0) is 17.5 Å². The molecule has 21 heavy (non-hydrogen) atoms. The lowest BCUT2D eigenvalue weighted by molar-refractivity contribution is -0.138. The Labute approximate surface area is 125 Å². The van der Waals surface area contributed by atoms with Crippen LogP contribution in [-0.2, 0) is 11.2 Å². The van der Waals surface area contributed by atoms with E-state index in [0.29, 0.717) is 24.6 Å². The first kappa shape index (κ1) is 15.4. The molecule has 0 aliphatic carbocycles. The van der Waals surface area contributed by atoms with Crippen LogP contribution in [0.3, 0.4) is 0 Å². The minimum Gasteiger partial charge on any atom is -0.480 e. The van der Waals surface area contributed by atoms with Gasteiger partial charge in [-0.25, -0.2) is 9.59 Å². The number of fused-ring (bicyclic) bond motifs is 1. The SMILES string of the molecule is CCC(CC)CNC(=O)N1c2ccccc2C[C@H]1C(=O)O. The summed E-state index contributed by atoms with van der Waals surface area (Å²) in [4.78, 5) is 25.2. The molecule has 0 bridgehead atoms. The maximum absolute atomic E-state index is 12.4. The molecule has 0 fully saturated rings. The fourth-order valence-corrected chi connectivity index (χ4v) is 2.73. The number of nitrogens with one attached hydrogen (secondary N) is 1. The lowest BCUT2D eigenvalue weighted by Gasteiger charge is -2.24. The predicted octanol–water partition coefficient (Wildman–Crippen LogP) is 2.65. The molecule has 1 heterocycles. The van der Waals surface area contributed by atoms with Crippen LogP contribution in [0.15, 0.2) is 24.3 Å². The van der Waals surface area contributed by atoms with Crippen molar-refractivity contribution in [1.29, 1.82) is 0 Å². The summed E-state index contributed by atoms with van der Waals surface area (Å²) in [5.74, 6) is -0.543. The third-order valence-corrected chi connectivity index (χ3v) is 4.18. The Bertz CT molecular complexity index is 526. The fraction of sp³-hybridized carbons (Fsp3) is 0.500. The molecule has 114 valence electrons. The van der Waals surface area contributed by atoms with Gasteiger partial charge < -0.3 is 10.4 Å². The molecule has 1 atom stereocenters. The highest BCUT2D eigenvalue weighted by molar-refractivity contribution is 6.01. The van der Waals surface area contributed by atoms with Gasteiger partial charge in [-0.15, -0.1) is 0 Å². The number of anilines is 1. The first-order valence-electron chi connectivity index (χ1n) is 7.46. The first-order valence-corrected chi connectivity index (χ1v) is 7.46. The molecule has 2 N–H and O–H groups in total. The van der Waals surface area contributed by atoms with Crippen molar-refractivity contribution in [3.8, 4) is 0 Å². The van der Waals surface area contributed by atoms with Crippen LogP contribution in [-0.4, -0.2) is 29.7 Å². The lowest BCUT2D eigenvalue weighted by atomic mass is 10.0. The van der Waals surface area contributed by atoms with Crippen LogP contribution in [0.25, 0.3) is 0 Å². The minimum atomic E-state index is -0.969. The van der Waals surface area contributed by atoms with Gasteiger partial charge in [0.15, 0.2) is 0 Å². The maximum Gasteiger partial charge on any atom is 0.327 e. The van der Waals surface area contributed by atoms with Crippen molar-refractivity contribution in [3.63, 3.8) is 0 Å². The van der Waals surface area contributed by atoms with Crippen LogP contribution >= 0.6 is 0 Å². The highest BCUT2D eigenvalue weighted by Gasteiger charge is 2.38. The molecule has 0 unspecified atom stereocenters. The number of aliphatic carboxylic acids is 1. The van der Waals surface area contributed by atoms with Gasteiger partial charge in [0, 0.05) is 18.7 Å². The second kappa shape index (κ2) is 6.61. The Morgan fingerprint density at radius 2 is 2.00 bits per heavy atom. The number of carbonyl (C=O) groups excluding carboxylic acids is 1. The molecule has 1 aliphatic rings. The van der Waals surface area contributed by atoms with Crippen LogP contribution in [0.2, 0.25) is 0 Å². The van der Waals surface area contributed by atoms with Gasteiger partial charge >= 0.3 is 12.0 Å². The summed E-state index contributed by atoms with van der Waals surface area (Å²) in [6.45, 7) is 4.76. The summed E-state index contributed by atoms with van der Waals surface area (Å²) in [5, 5.41) is 12.2. The van der Waals surface area contributed by atoms with Crippen LogP contribution < -0.4 is 10.2 Å². The van der Waals surface area contributed by atoms with Gasteiger partial charge in [-0.3, -0.25) is 4.90 Å². The number of nitrogens with zero attached hydrogens (tertiary/aromatic N) is 1. The van der Waals surface area contributed by atoms with E-state index in [2.05, 4.69) is 19.2 Å². The molecule has 1 aromatic rings. The van der Waals surface area contributed by atoms with Gasteiger partial charge in [-0.2, -0.15) is 0 Å². The van der Waals surface area contributed by atoms with E-state index in [1.165, 1.54) is 4.90 Å². The summed E-state index contributed by atoms with van der Waals surface area (Å²) in [5.41, 5.74) is 1.61. The first-order chi connectivity index (χ1) is 10.1.